The second-order valence-electron chi connectivity index (χ2n) is 7.95. The summed E-state index contributed by atoms with van der Waals surface area (Å²) in [6.45, 7) is 5.59. The number of imide groups is 1. The summed E-state index contributed by atoms with van der Waals surface area (Å²) >= 11 is 6.25. The summed E-state index contributed by atoms with van der Waals surface area (Å²) in [5, 5.41) is 3.64. The largest absolute Gasteiger partial charge is 0.350 e. The molecule has 0 radical (unpaired) electrons. The number of carbonyl (C=O) groups excluding carboxylic acids is 2. The molecule has 1 N–H and O–H groups in total. The Balaban J connectivity index is 1.80. The number of hydrogen-bond donors (Lipinski definition) is 1. The molecular formula is C26H22ClFN2O2. The smallest absolute Gasteiger partial charge is 0.278 e. The van der Waals surface area contributed by atoms with Crippen LogP contribution in [0, 0.1) is 26.6 Å². The summed E-state index contributed by atoms with van der Waals surface area (Å²) in [4.78, 5) is 27.9. The highest BCUT2D eigenvalue weighted by molar-refractivity contribution is 6.37. The summed E-state index contributed by atoms with van der Waals surface area (Å²) in [5.41, 5.74) is 4.75. The van der Waals surface area contributed by atoms with Gasteiger partial charge >= 0.3 is 0 Å². The van der Waals surface area contributed by atoms with Gasteiger partial charge in [0, 0.05) is 16.3 Å². The topological polar surface area (TPSA) is 49.4 Å². The van der Waals surface area contributed by atoms with E-state index in [1.807, 2.05) is 45.0 Å². The van der Waals surface area contributed by atoms with Crippen molar-refractivity contribution < 1.29 is 14.0 Å². The van der Waals surface area contributed by atoms with Crippen LogP contribution in [0.25, 0.3) is 5.57 Å². The van der Waals surface area contributed by atoms with Crippen LogP contribution < -0.4 is 5.32 Å². The molecule has 3 aromatic rings. The van der Waals surface area contributed by atoms with E-state index in [0.29, 0.717) is 16.3 Å². The van der Waals surface area contributed by atoms with Gasteiger partial charge in [-0.3, -0.25) is 14.5 Å². The van der Waals surface area contributed by atoms with Crippen molar-refractivity contribution in [2.75, 3.05) is 5.32 Å². The van der Waals surface area contributed by atoms with Gasteiger partial charge in [0.2, 0.25) is 0 Å². The quantitative estimate of drug-likeness (QED) is 0.502. The lowest BCUT2D eigenvalue weighted by atomic mass is 9.97. The third-order valence-electron chi connectivity index (χ3n) is 5.55. The number of anilines is 1. The molecular weight excluding hydrogens is 427 g/mol. The van der Waals surface area contributed by atoms with Crippen molar-refractivity contribution in [3.8, 4) is 0 Å². The summed E-state index contributed by atoms with van der Waals surface area (Å²) in [6.07, 6.45) is 0. The summed E-state index contributed by atoms with van der Waals surface area (Å²) in [5.74, 6) is -1.44. The number of rotatable bonds is 5. The fourth-order valence-corrected chi connectivity index (χ4v) is 3.97. The Hall–Kier alpha value is -3.44. The second kappa shape index (κ2) is 8.60. The Morgan fingerprint density at radius 2 is 1.66 bits per heavy atom. The van der Waals surface area contributed by atoms with Crippen molar-refractivity contribution in [2.45, 2.75) is 27.3 Å². The van der Waals surface area contributed by atoms with Gasteiger partial charge in [-0.2, -0.15) is 0 Å². The first-order valence-electron chi connectivity index (χ1n) is 10.2. The number of nitrogens with zero attached hydrogens (tertiary/aromatic N) is 1. The molecule has 0 fully saturated rings. The third kappa shape index (κ3) is 4.04. The maximum absolute atomic E-state index is 14.3. The normalized spacial score (nSPS) is 13.8. The average Bonchev–Trinajstić information content (AvgIpc) is 2.97. The van der Waals surface area contributed by atoms with Crippen LogP contribution in [0.2, 0.25) is 5.02 Å². The van der Waals surface area contributed by atoms with Gasteiger partial charge in [-0.05, 0) is 55.7 Å². The number of amides is 2. The van der Waals surface area contributed by atoms with Gasteiger partial charge in [-0.15, -0.1) is 0 Å². The lowest BCUT2D eigenvalue weighted by Gasteiger charge is -2.16. The van der Waals surface area contributed by atoms with Gasteiger partial charge in [-0.25, -0.2) is 4.39 Å². The molecule has 3 aromatic carbocycles. The Kier molecular flexibility index (Phi) is 5.85. The number of carbonyl (C=O) groups is 2. The van der Waals surface area contributed by atoms with E-state index < -0.39 is 17.6 Å². The molecule has 1 aliphatic heterocycles. The van der Waals surface area contributed by atoms with Crippen LogP contribution in [0.5, 0.6) is 0 Å². The van der Waals surface area contributed by atoms with E-state index in [1.54, 1.807) is 30.3 Å². The molecule has 0 aromatic heterocycles. The van der Waals surface area contributed by atoms with Gasteiger partial charge in [0.05, 0.1) is 12.1 Å². The van der Waals surface area contributed by atoms with Gasteiger partial charge in [-0.1, -0.05) is 59.6 Å². The highest BCUT2D eigenvalue weighted by atomic mass is 35.5. The zero-order valence-electron chi connectivity index (χ0n) is 18.0. The molecule has 32 heavy (non-hydrogen) atoms. The summed E-state index contributed by atoms with van der Waals surface area (Å²) < 4.78 is 14.3. The number of nitrogens with one attached hydrogen (secondary N) is 1. The summed E-state index contributed by atoms with van der Waals surface area (Å²) in [7, 11) is 0. The van der Waals surface area contributed by atoms with E-state index >= 15 is 0 Å². The van der Waals surface area contributed by atoms with E-state index in [2.05, 4.69) is 5.32 Å². The predicted octanol–water partition coefficient (Wildman–Crippen LogP) is 5.80. The predicted molar refractivity (Wildman–Crippen MR) is 125 cm³/mol. The van der Waals surface area contributed by atoms with E-state index in [0.717, 1.165) is 21.6 Å². The van der Waals surface area contributed by atoms with E-state index in [9.17, 15) is 14.0 Å². The molecule has 0 spiro atoms. The van der Waals surface area contributed by atoms with Crippen molar-refractivity contribution in [2.24, 2.45) is 0 Å². The molecule has 1 heterocycles. The van der Waals surface area contributed by atoms with Crippen LogP contribution in [-0.2, 0) is 16.1 Å². The number of hydrogen-bond acceptors (Lipinski definition) is 3. The fraction of sp³-hybridized carbons (Fsp3) is 0.154. The number of benzene rings is 3. The standard InChI is InChI=1S/C26H22ClFN2O2/c1-15-8-11-20(17(3)12-15)23-24(29-19-10-9-16(2)21(27)13-19)26(32)30(25(23)31)14-18-6-4-5-7-22(18)28/h4-13,29H,14H2,1-3H3. The number of halogens is 2. The van der Waals surface area contributed by atoms with E-state index in [-0.39, 0.29) is 23.4 Å². The van der Waals surface area contributed by atoms with Crippen LogP contribution in [0.3, 0.4) is 0 Å². The molecule has 0 bridgehead atoms. The molecule has 0 atom stereocenters. The molecule has 4 rings (SSSR count). The van der Waals surface area contributed by atoms with E-state index in [1.165, 1.54) is 6.07 Å². The zero-order valence-corrected chi connectivity index (χ0v) is 18.8. The summed E-state index contributed by atoms with van der Waals surface area (Å²) in [6, 6.07) is 17.2. The molecule has 0 unspecified atom stereocenters. The van der Waals surface area contributed by atoms with E-state index in [4.69, 9.17) is 11.6 Å². The van der Waals surface area contributed by atoms with Crippen molar-refractivity contribution in [3.05, 3.63) is 105 Å². The first-order chi connectivity index (χ1) is 15.3. The van der Waals surface area contributed by atoms with Crippen LogP contribution in [-0.4, -0.2) is 16.7 Å². The molecule has 0 saturated heterocycles. The highest BCUT2D eigenvalue weighted by Gasteiger charge is 2.40. The maximum Gasteiger partial charge on any atom is 0.278 e. The molecule has 0 aliphatic carbocycles. The Labute approximate surface area is 191 Å². The molecule has 6 heteroatoms. The molecule has 2 amide bonds. The van der Waals surface area contributed by atoms with Crippen LogP contribution in [0.1, 0.15) is 27.8 Å². The minimum atomic E-state index is -0.509. The van der Waals surface area contributed by atoms with Crippen LogP contribution >= 0.6 is 11.6 Å². The van der Waals surface area contributed by atoms with Crippen LogP contribution in [0.4, 0.5) is 10.1 Å². The van der Waals surface area contributed by atoms with Crippen LogP contribution in [0.15, 0.2) is 66.4 Å². The molecule has 1 aliphatic rings. The zero-order chi connectivity index (χ0) is 23.0. The fourth-order valence-electron chi connectivity index (χ4n) is 3.79. The highest BCUT2D eigenvalue weighted by Crippen LogP contribution is 2.34. The van der Waals surface area contributed by atoms with Gasteiger partial charge in [0.25, 0.3) is 11.8 Å². The first-order valence-corrected chi connectivity index (χ1v) is 10.6. The van der Waals surface area contributed by atoms with Crippen molar-refractivity contribution >= 4 is 34.7 Å². The maximum atomic E-state index is 14.3. The Morgan fingerprint density at radius 3 is 2.34 bits per heavy atom. The number of aryl methyl sites for hydroxylation is 3. The monoisotopic (exact) mass is 448 g/mol. The first kappa shape index (κ1) is 21.8. The molecule has 162 valence electrons. The Morgan fingerprint density at radius 1 is 0.906 bits per heavy atom. The van der Waals surface area contributed by atoms with Gasteiger partial charge < -0.3 is 5.32 Å². The van der Waals surface area contributed by atoms with Crippen molar-refractivity contribution in [1.82, 2.24) is 4.90 Å². The van der Waals surface area contributed by atoms with Gasteiger partial charge in [0.15, 0.2) is 0 Å². The average molecular weight is 449 g/mol. The van der Waals surface area contributed by atoms with Crippen molar-refractivity contribution in [1.29, 1.82) is 0 Å². The molecule has 0 saturated carbocycles. The van der Waals surface area contributed by atoms with Gasteiger partial charge in [0.1, 0.15) is 11.5 Å². The SMILES string of the molecule is Cc1ccc(C2=C(Nc3ccc(C)c(Cl)c3)C(=O)N(Cc3ccccc3F)C2=O)c(C)c1. The molecule has 4 nitrogen and oxygen atoms in total. The minimum Gasteiger partial charge on any atom is -0.350 e. The second-order valence-corrected chi connectivity index (χ2v) is 8.35. The Bertz CT molecular complexity index is 1280. The van der Waals surface area contributed by atoms with Crippen molar-refractivity contribution in [3.63, 3.8) is 0 Å². The lowest BCUT2D eigenvalue weighted by Crippen LogP contribution is -2.32. The lowest BCUT2D eigenvalue weighted by molar-refractivity contribution is -0.137. The minimum absolute atomic E-state index is 0.151. The third-order valence-corrected chi connectivity index (χ3v) is 5.95.